The Balaban J connectivity index is 2.07. The normalized spacial score (nSPS) is 20.4. The van der Waals surface area contributed by atoms with Gasteiger partial charge in [0.25, 0.3) is 0 Å². The molecule has 1 aromatic rings. The SMILES string of the molecule is CN1CCC(NCc2ccccc2)(C(F)(F)F)CC1. The van der Waals surface area contributed by atoms with Gasteiger partial charge in [-0.1, -0.05) is 30.3 Å². The summed E-state index contributed by atoms with van der Waals surface area (Å²) < 4.78 is 40.0. The fourth-order valence-corrected chi connectivity index (χ4v) is 2.43. The highest BCUT2D eigenvalue weighted by Gasteiger charge is 2.54. The Bertz CT molecular complexity index is 395. The molecule has 1 heterocycles. The van der Waals surface area contributed by atoms with E-state index in [1.807, 2.05) is 42.3 Å². The fraction of sp³-hybridized carbons (Fsp3) is 0.571. The Morgan fingerprint density at radius 3 is 2.26 bits per heavy atom. The van der Waals surface area contributed by atoms with Gasteiger partial charge in [-0.2, -0.15) is 13.2 Å². The van der Waals surface area contributed by atoms with Gasteiger partial charge in [-0.15, -0.1) is 0 Å². The third-order valence-electron chi connectivity index (χ3n) is 3.86. The van der Waals surface area contributed by atoms with Crippen LogP contribution >= 0.6 is 0 Å². The molecule has 0 radical (unpaired) electrons. The summed E-state index contributed by atoms with van der Waals surface area (Å²) in [5.41, 5.74) is -0.861. The number of hydrogen-bond donors (Lipinski definition) is 1. The average molecular weight is 272 g/mol. The molecule has 1 aliphatic rings. The van der Waals surface area contributed by atoms with Gasteiger partial charge in [0.1, 0.15) is 5.54 Å². The van der Waals surface area contributed by atoms with Gasteiger partial charge in [-0.3, -0.25) is 5.32 Å². The van der Waals surface area contributed by atoms with E-state index in [0.29, 0.717) is 13.1 Å². The highest BCUT2D eigenvalue weighted by molar-refractivity contribution is 5.15. The zero-order valence-electron chi connectivity index (χ0n) is 11.0. The monoisotopic (exact) mass is 272 g/mol. The van der Waals surface area contributed by atoms with Crippen LogP contribution in [0.5, 0.6) is 0 Å². The average Bonchev–Trinajstić information content (AvgIpc) is 2.38. The second kappa shape index (κ2) is 5.51. The summed E-state index contributed by atoms with van der Waals surface area (Å²) >= 11 is 0. The molecule has 19 heavy (non-hydrogen) atoms. The molecule has 2 nitrogen and oxygen atoms in total. The van der Waals surface area contributed by atoms with E-state index in [-0.39, 0.29) is 19.4 Å². The van der Waals surface area contributed by atoms with E-state index in [0.717, 1.165) is 5.56 Å². The molecule has 0 saturated carbocycles. The Labute approximate surface area is 111 Å². The second-order valence-corrected chi connectivity index (χ2v) is 5.22. The van der Waals surface area contributed by atoms with E-state index >= 15 is 0 Å². The van der Waals surface area contributed by atoms with Crippen molar-refractivity contribution in [1.29, 1.82) is 0 Å². The quantitative estimate of drug-likeness (QED) is 0.910. The Hall–Kier alpha value is -1.07. The van der Waals surface area contributed by atoms with Crippen molar-refractivity contribution in [3.8, 4) is 0 Å². The summed E-state index contributed by atoms with van der Waals surface area (Å²) in [6.07, 6.45) is -3.98. The van der Waals surface area contributed by atoms with Crippen LogP contribution in [0.4, 0.5) is 13.2 Å². The molecular weight excluding hydrogens is 253 g/mol. The fourth-order valence-electron chi connectivity index (χ4n) is 2.43. The van der Waals surface area contributed by atoms with Crippen molar-refractivity contribution in [1.82, 2.24) is 10.2 Å². The van der Waals surface area contributed by atoms with E-state index in [9.17, 15) is 13.2 Å². The van der Waals surface area contributed by atoms with Crippen molar-refractivity contribution < 1.29 is 13.2 Å². The van der Waals surface area contributed by atoms with Crippen molar-refractivity contribution in [3.05, 3.63) is 35.9 Å². The van der Waals surface area contributed by atoms with Crippen molar-refractivity contribution in [2.24, 2.45) is 0 Å². The zero-order valence-corrected chi connectivity index (χ0v) is 11.0. The van der Waals surface area contributed by atoms with E-state index < -0.39 is 11.7 Å². The number of rotatable bonds is 3. The van der Waals surface area contributed by atoms with Gasteiger partial charge in [-0.05, 0) is 38.5 Å². The molecule has 1 aromatic carbocycles. The van der Waals surface area contributed by atoms with Crippen molar-refractivity contribution in [3.63, 3.8) is 0 Å². The first-order valence-electron chi connectivity index (χ1n) is 6.47. The van der Waals surface area contributed by atoms with Crippen LogP contribution in [0.25, 0.3) is 0 Å². The molecular formula is C14H19F3N2. The molecule has 106 valence electrons. The Morgan fingerprint density at radius 1 is 1.16 bits per heavy atom. The van der Waals surface area contributed by atoms with Crippen LogP contribution in [-0.4, -0.2) is 36.8 Å². The van der Waals surface area contributed by atoms with Crippen LogP contribution in [0.2, 0.25) is 0 Å². The van der Waals surface area contributed by atoms with E-state index in [1.54, 1.807) is 0 Å². The first-order valence-corrected chi connectivity index (χ1v) is 6.47. The minimum Gasteiger partial charge on any atom is -0.306 e. The molecule has 0 spiro atoms. The van der Waals surface area contributed by atoms with Gasteiger partial charge in [-0.25, -0.2) is 0 Å². The molecule has 0 bridgehead atoms. The minimum absolute atomic E-state index is 0.111. The third kappa shape index (κ3) is 3.28. The summed E-state index contributed by atoms with van der Waals surface area (Å²) in [5.74, 6) is 0. The van der Waals surface area contributed by atoms with E-state index in [4.69, 9.17) is 0 Å². The van der Waals surface area contributed by atoms with Crippen LogP contribution in [0, 0.1) is 0 Å². The first kappa shape index (κ1) is 14.3. The number of nitrogens with zero attached hydrogens (tertiary/aromatic N) is 1. The number of hydrogen-bond acceptors (Lipinski definition) is 2. The van der Waals surface area contributed by atoms with E-state index in [1.165, 1.54) is 0 Å². The molecule has 0 atom stereocenters. The highest BCUT2D eigenvalue weighted by Crippen LogP contribution is 2.38. The minimum atomic E-state index is -4.21. The van der Waals surface area contributed by atoms with Crippen LogP contribution < -0.4 is 5.32 Å². The topological polar surface area (TPSA) is 15.3 Å². The Morgan fingerprint density at radius 2 is 1.74 bits per heavy atom. The molecule has 0 unspecified atom stereocenters. The maximum atomic E-state index is 13.3. The molecule has 0 aliphatic carbocycles. The molecule has 1 fully saturated rings. The molecule has 1 N–H and O–H groups in total. The van der Waals surface area contributed by atoms with Gasteiger partial charge in [0, 0.05) is 6.54 Å². The lowest BCUT2D eigenvalue weighted by Gasteiger charge is -2.42. The number of piperidine rings is 1. The highest BCUT2D eigenvalue weighted by atomic mass is 19.4. The maximum absolute atomic E-state index is 13.3. The summed E-state index contributed by atoms with van der Waals surface area (Å²) in [5, 5.41) is 2.76. The van der Waals surface area contributed by atoms with Crippen molar-refractivity contribution in [2.75, 3.05) is 20.1 Å². The predicted molar refractivity (Wildman–Crippen MR) is 68.8 cm³/mol. The summed E-state index contributed by atoms with van der Waals surface area (Å²) in [6.45, 7) is 1.20. The third-order valence-corrected chi connectivity index (χ3v) is 3.86. The van der Waals surface area contributed by atoms with Crippen LogP contribution in [0.3, 0.4) is 0 Å². The molecule has 5 heteroatoms. The lowest BCUT2D eigenvalue weighted by Crippen LogP contribution is -2.61. The van der Waals surface area contributed by atoms with Gasteiger partial charge in [0.15, 0.2) is 0 Å². The number of likely N-dealkylation sites (tertiary alicyclic amines) is 1. The molecule has 1 aliphatic heterocycles. The zero-order chi connectivity index (χ0) is 13.9. The lowest BCUT2D eigenvalue weighted by atomic mass is 9.86. The van der Waals surface area contributed by atoms with Gasteiger partial charge in [0.05, 0.1) is 0 Å². The van der Waals surface area contributed by atoms with Crippen LogP contribution in [-0.2, 0) is 6.54 Å². The number of nitrogens with one attached hydrogen (secondary N) is 1. The van der Waals surface area contributed by atoms with Gasteiger partial charge < -0.3 is 4.90 Å². The maximum Gasteiger partial charge on any atom is 0.406 e. The van der Waals surface area contributed by atoms with Crippen LogP contribution in [0.15, 0.2) is 30.3 Å². The van der Waals surface area contributed by atoms with Crippen molar-refractivity contribution in [2.45, 2.75) is 31.1 Å². The summed E-state index contributed by atoms with van der Waals surface area (Å²) in [7, 11) is 1.86. The molecule has 1 saturated heterocycles. The summed E-state index contributed by atoms with van der Waals surface area (Å²) in [6, 6.07) is 9.22. The molecule has 0 amide bonds. The lowest BCUT2D eigenvalue weighted by molar-refractivity contribution is -0.208. The largest absolute Gasteiger partial charge is 0.406 e. The number of halogens is 3. The molecule has 2 rings (SSSR count). The second-order valence-electron chi connectivity index (χ2n) is 5.22. The predicted octanol–water partition coefficient (Wildman–Crippen LogP) is 2.80. The first-order chi connectivity index (χ1) is 8.93. The number of alkyl halides is 3. The molecule has 0 aromatic heterocycles. The Kier molecular flexibility index (Phi) is 4.16. The van der Waals surface area contributed by atoms with E-state index in [2.05, 4.69) is 5.32 Å². The standard InChI is InChI=1S/C14H19F3N2/c1-19-9-7-13(8-10-19,14(15,16)17)18-11-12-5-3-2-4-6-12/h2-6,18H,7-11H2,1H3. The number of benzene rings is 1. The smallest absolute Gasteiger partial charge is 0.306 e. The van der Waals surface area contributed by atoms with Gasteiger partial charge >= 0.3 is 6.18 Å². The van der Waals surface area contributed by atoms with Crippen LogP contribution in [0.1, 0.15) is 18.4 Å². The van der Waals surface area contributed by atoms with Gasteiger partial charge in [0.2, 0.25) is 0 Å². The van der Waals surface area contributed by atoms with Crippen molar-refractivity contribution >= 4 is 0 Å². The summed E-state index contributed by atoms with van der Waals surface area (Å²) in [4.78, 5) is 1.94.